The van der Waals surface area contributed by atoms with Crippen molar-refractivity contribution in [1.29, 1.82) is 0 Å². The fourth-order valence-electron chi connectivity index (χ4n) is 1.93. The summed E-state index contributed by atoms with van der Waals surface area (Å²) in [6.45, 7) is 5.07. The van der Waals surface area contributed by atoms with Crippen molar-refractivity contribution in [3.8, 4) is 5.75 Å². The van der Waals surface area contributed by atoms with Crippen molar-refractivity contribution in [2.75, 3.05) is 13.7 Å². The smallest absolute Gasteiger partial charge is 0.115 e. The molecule has 0 spiro atoms. The van der Waals surface area contributed by atoms with Crippen molar-refractivity contribution < 1.29 is 9.84 Å². The largest absolute Gasteiger partial charge is 0.508 e. The van der Waals surface area contributed by atoms with Crippen LogP contribution in [0.5, 0.6) is 5.75 Å². The van der Waals surface area contributed by atoms with Crippen LogP contribution in [0.2, 0.25) is 0 Å². The lowest BCUT2D eigenvalue weighted by Gasteiger charge is -2.21. The van der Waals surface area contributed by atoms with Crippen molar-refractivity contribution in [3.05, 3.63) is 29.8 Å². The Morgan fingerprint density at radius 3 is 2.47 bits per heavy atom. The third-order valence-corrected chi connectivity index (χ3v) is 2.86. The molecular weight excluding hydrogens is 214 g/mol. The van der Waals surface area contributed by atoms with Crippen LogP contribution in [-0.2, 0) is 11.2 Å². The Labute approximate surface area is 104 Å². The maximum atomic E-state index is 9.21. The van der Waals surface area contributed by atoms with E-state index in [-0.39, 0.29) is 0 Å². The van der Waals surface area contributed by atoms with E-state index in [2.05, 4.69) is 19.2 Å². The van der Waals surface area contributed by atoms with E-state index in [0.29, 0.717) is 17.8 Å². The van der Waals surface area contributed by atoms with Crippen LogP contribution in [0, 0.1) is 0 Å². The quantitative estimate of drug-likeness (QED) is 0.765. The molecule has 0 saturated carbocycles. The summed E-state index contributed by atoms with van der Waals surface area (Å²) in [6.07, 6.45) is 2.02. The molecule has 2 N–H and O–H groups in total. The maximum Gasteiger partial charge on any atom is 0.115 e. The predicted molar refractivity (Wildman–Crippen MR) is 70.4 cm³/mol. The molecule has 0 aromatic heterocycles. The molecule has 3 heteroatoms. The summed E-state index contributed by atoms with van der Waals surface area (Å²) in [4.78, 5) is 0. The second-order valence-electron chi connectivity index (χ2n) is 4.50. The molecule has 2 atom stereocenters. The number of benzene rings is 1. The third-order valence-electron chi connectivity index (χ3n) is 2.86. The topological polar surface area (TPSA) is 41.5 Å². The average molecular weight is 237 g/mol. The van der Waals surface area contributed by atoms with Gasteiger partial charge in [-0.2, -0.15) is 0 Å². The second-order valence-corrected chi connectivity index (χ2v) is 4.50. The zero-order chi connectivity index (χ0) is 12.7. The summed E-state index contributed by atoms with van der Waals surface area (Å²) in [7, 11) is 1.73. The zero-order valence-corrected chi connectivity index (χ0v) is 10.9. The Hall–Kier alpha value is -1.06. The van der Waals surface area contributed by atoms with Gasteiger partial charge in [0.2, 0.25) is 0 Å². The summed E-state index contributed by atoms with van der Waals surface area (Å²) in [5.74, 6) is 0.320. The van der Waals surface area contributed by atoms with Crippen molar-refractivity contribution in [2.45, 2.75) is 38.8 Å². The van der Waals surface area contributed by atoms with Gasteiger partial charge in [-0.25, -0.2) is 0 Å². The van der Waals surface area contributed by atoms with E-state index in [1.807, 2.05) is 12.1 Å². The van der Waals surface area contributed by atoms with E-state index in [9.17, 15) is 5.11 Å². The monoisotopic (exact) mass is 237 g/mol. The van der Waals surface area contributed by atoms with E-state index in [0.717, 1.165) is 19.4 Å². The number of hydrogen-bond acceptors (Lipinski definition) is 3. The van der Waals surface area contributed by atoms with Crippen molar-refractivity contribution >= 4 is 0 Å². The van der Waals surface area contributed by atoms with E-state index in [1.54, 1.807) is 19.2 Å². The molecule has 0 aliphatic heterocycles. The van der Waals surface area contributed by atoms with Gasteiger partial charge in [-0.05, 0) is 37.5 Å². The van der Waals surface area contributed by atoms with Crippen LogP contribution >= 0.6 is 0 Å². The molecule has 0 aliphatic carbocycles. The van der Waals surface area contributed by atoms with Gasteiger partial charge in [-0.15, -0.1) is 0 Å². The number of aromatic hydroxyl groups is 1. The fraction of sp³-hybridized carbons (Fsp3) is 0.571. The highest BCUT2D eigenvalue weighted by molar-refractivity contribution is 5.26. The highest BCUT2D eigenvalue weighted by atomic mass is 16.5. The van der Waals surface area contributed by atoms with Gasteiger partial charge < -0.3 is 15.2 Å². The fourth-order valence-corrected chi connectivity index (χ4v) is 1.93. The highest BCUT2D eigenvalue weighted by Gasteiger charge is 2.10. The average Bonchev–Trinajstić information content (AvgIpc) is 2.31. The lowest BCUT2D eigenvalue weighted by molar-refractivity contribution is 0.159. The normalized spacial score (nSPS) is 14.5. The number of methoxy groups -OCH3 is 1. The lowest BCUT2D eigenvalue weighted by Crippen LogP contribution is -2.40. The van der Waals surface area contributed by atoms with Crippen LogP contribution in [0.3, 0.4) is 0 Å². The van der Waals surface area contributed by atoms with Crippen LogP contribution in [-0.4, -0.2) is 30.9 Å². The van der Waals surface area contributed by atoms with Crippen LogP contribution in [0.4, 0.5) is 0 Å². The number of ether oxygens (including phenoxy) is 1. The minimum absolute atomic E-state index is 0.320. The number of nitrogens with one attached hydrogen (secondary N) is 1. The summed E-state index contributed by atoms with van der Waals surface area (Å²) < 4.78 is 5.17. The number of phenolic OH excluding ortho intramolecular Hbond substituents is 1. The molecule has 0 radical (unpaired) electrons. The molecule has 1 aromatic carbocycles. The maximum absolute atomic E-state index is 9.21. The van der Waals surface area contributed by atoms with E-state index in [4.69, 9.17) is 4.74 Å². The lowest BCUT2D eigenvalue weighted by atomic mass is 10.1. The van der Waals surface area contributed by atoms with Gasteiger partial charge >= 0.3 is 0 Å². The SMILES string of the molecule is CCC(COC)NC(C)Cc1ccc(O)cc1. The van der Waals surface area contributed by atoms with Gasteiger partial charge in [0.25, 0.3) is 0 Å². The Balaban J connectivity index is 2.42. The summed E-state index contributed by atoms with van der Waals surface area (Å²) >= 11 is 0. The van der Waals surface area contributed by atoms with Gasteiger partial charge in [0.15, 0.2) is 0 Å². The minimum atomic E-state index is 0.320. The number of rotatable bonds is 7. The molecule has 0 saturated heterocycles. The molecule has 3 nitrogen and oxygen atoms in total. The molecule has 2 unspecified atom stereocenters. The molecule has 0 fully saturated rings. The van der Waals surface area contributed by atoms with E-state index in [1.165, 1.54) is 5.56 Å². The summed E-state index contributed by atoms with van der Waals surface area (Å²) in [5.41, 5.74) is 1.23. The molecule has 0 heterocycles. The zero-order valence-electron chi connectivity index (χ0n) is 10.9. The summed E-state index contributed by atoms with van der Waals surface area (Å²) in [5, 5.41) is 12.8. The first-order valence-electron chi connectivity index (χ1n) is 6.18. The molecular formula is C14H23NO2. The Bertz CT molecular complexity index is 311. The highest BCUT2D eigenvalue weighted by Crippen LogP contribution is 2.11. The van der Waals surface area contributed by atoms with Crippen LogP contribution in [0.25, 0.3) is 0 Å². The van der Waals surface area contributed by atoms with Gasteiger partial charge in [-0.3, -0.25) is 0 Å². The molecule has 17 heavy (non-hydrogen) atoms. The minimum Gasteiger partial charge on any atom is -0.508 e. The first kappa shape index (κ1) is 14.0. The van der Waals surface area contributed by atoms with E-state index >= 15 is 0 Å². The number of hydrogen-bond donors (Lipinski definition) is 2. The van der Waals surface area contributed by atoms with E-state index < -0.39 is 0 Å². The third kappa shape index (κ3) is 5.20. The van der Waals surface area contributed by atoms with Gasteiger partial charge in [0, 0.05) is 19.2 Å². The molecule has 1 rings (SSSR count). The van der Waals surface area contributed by atoms with Gasteiger partial charge in [0.1, 0.15) is 5.75 Å². The predicted octanol–water partition coefficient (Wildman–Crippen LogP) is 2.34. The Morgan fingerprint density at radius 2 is 1.94 bits per heavy atom. The molecule has 0 aliphatic rings. The first-order valence-corrected chi connectivity index (χ1v) is 6.18. The van der Waals surface area contributed by atoms with Crippen LogP contribution in [0.1, 0.15) is 25.8 Å². The summed E-state index contributed by atoms with van der Waals surface area (Å²) in [6, 6.07) is 8.20. The Morgan fingerprint density at radius 1 is 1.29 bits per heavy atom. The van der Waals surface area contributed by atoms with Crippen molar-refractivity contribution in [2.24, 2.45) is 0 Å². The second kappa shape index (κ2) is 7.30. The molecule has 96 valence electrons. The van der Waals surface area contributed by atoms with Crippen molar-refractivity contribution in [3.63, 3.8) is 0 Å². The molecule has 0 amide bonds. The van der Waals surface area contributed by atoms with Crippen LogP contribution in [0.15, 0.2) is 24.3 Å². The van der Waals surface area contributed by atoms with Crippen LogP contribution < -0.4 is 5.32 Å². The van der Waals surface area contributed by atoms with Gasteiger partial charge in [0.05, 0.1) is 6.61 Å². The number of phenols is 1. The Kier molecular flexibility index (Phi) is 6.01. The first-order chi connectivity index (χ1) is 8.15. The van der Waals surface area contributed by atoms with Crippen molar-refractivity contribution in [1.82, 2.24) is 5.32 Å². The molecule has 1 aromatic rings. The van der Waals surface area contributed by atoms with Gasteiger partial charge in [-0.1, -0.05) is 19.1 Å². The standard InChI is InChI=1S/C14H23NO2/c1-4-13(10-17-3)15-11(2)9-12-5-7-14(16)8-6-12/h5-8,11,13,15-16H,4,9-10H2,1-3H3. The molecule has 0 bridgehead atoms.